The Hall–Kier alpha value is -1.84. The molecule has 0 aromatic rings. The lowest BCUT2D eigenvalue weighted by molar-refractivity contribution is -0.150. The summed E-state index contributed by atoms with van der Waals surface area (Å²) in [7, 11) is 0. The molecule has 292 valence electrons. The lowest BCUT2D eigenvalue weighted by Gasteiger charge is -2.18. The van der Waals surface area contributed by atoms with Crippen LogP contribution in [0, 0.1) is 0 Å². The quantitative estimate of drug-likeness (QED) is 0.0393. The number of carbonyl (C=O) groups excluding carboxylic acids is 1. The minimum absolute atomic E-state index is 0.0282. The second kappa shape index (κ2) is 41.6. The topological polar surface area (TPSA) is 63.6 Å². The molecular formula is C46H84O4. The minimum Gasteiger partial charge on any atom is -0.481 e. The Balaban J connectivity index is 3.78. The average molecular weight is 701 g/mol. The Bertz CT molecular complexity index is 798. The first kappa shape index (κ1) is 48.2. The van der Waals surface area contributed by atoms with Crippen LogP contribution < -0.4 is 0 Å². The first-order valence-electron chi connectivity index (χ1n) is 22.0. The molecule has 0 aliphatic rings. The van der Waals surface area contributed by atoms with Gasteiger partial charge in [-0.3, -0.25) is 9.59 Å². The fourth-order valence-corrected chi connectivity index (χ4v) is 6.56. The van der Waals surface area contributed by atoms with Gasteiger partial charge < -0.3 is 9.84 Å². The number of aliphatic carboxylic acids is 1. The highest BCUT2D eigenvalue weighted by Gasteiger charge is 2.14. The van der Waals surface area contributed by atoms with Gasteiger partial charge in [-0.15, -0.1) is 0 Å². The van der Waals surface area contributed by atoms with Crippen molar-refractivity contribution in [1.82, 2.24) is 0 Å². The zero-order valence-electron chi connectivity index (χ0n) is 33.5. The lowest BCUT2D eigenvalue weighted by atomic mass is 10.0. The predicted molar refractivity (Wildman–Crippen MR) is 218 cm³/mol. The number of allylic oxidation sites excluding steroid dienone is 6. The van der Waals surface area contributed by atoms with Crippen LogP contribution in [-0.4, -0.2) is 23.1 Å². The third-order valence-electron chi connectivity index (χ3n) is 9.83. The number of hydrogen-bond donors (Lipinski definition) is 1. The van der Waals surface area contributed by atoms with E-state index in [9.17, 15) is 9.59 Å². The molecule has 0 bridgehead atoms. The van der Waals surface area contributed by atoms with E-state index in [1.807, 2.05) is 0 Å². The van der Waals surface area contributed by atoms with Crippen molar-refractivity contribution in [2.45, 2.75) is 245 Å². The summed E-state index contributed by atoms with van der Waals surface area (Å²) in [5, 5.41) is 8.70. The Morgan fingerprint density at radius 1 is 0.440 bits per heavy atom. The van der Waals surface area contributed by atoms with Crippen LogP contribution in [0.15, 0.2) is 36.5 Å². The van der Waals surface area contributed by atoms with E-state index < -0.39 is 5.97 Å². The summed E-state index contributed by atoms with van der Waals surface area (Å²) in [4.78, 5) is 23.2. The van der Waals surface area contributed by atoms with Crippen molar-refractivity contribution in [3.63, 3.8) is 0 Å². The third kappa shape index (κ3) is 40.6. The molecule has 4 nitrogen and oxygen atoms in total. The summed E-state index contributed by atoms with van der Waals surface area (Å²) in [6, 6.07) is 0. The number of hydrogen-bond acceptors (Lipinski definition) is 3. The monoisotopic (exact) mass is 701 g/mol. The van der Waals surface area contributed by atoms with E-state index in [0.717, 1.165) is 44.9 Å². The fourth-order valence-electron chi connectivity index (χ4n) is 6.56. The van der Waals surface area contributed by atoms with Gasteiger partial charge in [0.1, 0.15) is 6.10 Å². The van der Waals surface area contributed by atoms with Crippen LogP contribution in [0.2, 0.25) is 0 Å². The lowest BCUT2D eigenvalue weighted by Crippen LogP contribution is -2.18. The van der Waals surface area contributed by atoms with E-state index in [-0.39, 0.29) is 12.1 Å². The number of rotatable bonds is 40. The molecule has 0 aliphatic heterocycles. The van der Waals surface area contributed by atoms with Gasteiger partial charge in [-0.25, -0.2) is 0 Å². The molecule has 0 spiro atoms. The van der Waals surface area contributed by atoms with E-state index in [4.69, 9.17) is 9.84 Å². The molecule has 50 heavy (non-hydrogen) atoms. The van der Waals surface area contributed by atoms with Crippen molar-refractivity contribution in [3.05, 3.63) is 36.5 Å². The number of carboxylic acid groups (broad SMARTS) is 1. The van der Waals surface area contributed by atoms with Crippen LogP contribution in [0.25, 0.3) is 0 Å². The van der Waals surface area contributed by atoms with Crippen molar-refractivity contribution in [3.8, 4) is 0 Å². The molecule has 0 fully saturated rings. The zero-order valence-corrected chi connectivity index (χ0v) is 33.5. The molecule has 0 radical (unpaired) electrons. The van der Waals surface area contributed by atoms with Gasteiger partial charge in [0.15, 0.2) is 0 Å². The van der Waals surface area contributed by atoms with Gasteiger partial charge in [-0.2, -0.15) is 0 Å². The van der Waals surface area contributed by atoms with Crippen LogP contribution in [-0.2, 0) is 14.3 Å². The van der Waals surface area contributed by atoms with E-state index >= 15 is 0 Å². The van der Waals surface area contributed by atoms with Crippen molar-refractivity contribution in [2.24, 2.45) is 0 Å². The number of unbranched alkanes of at least 4 members (excludes halogenated alkanes) is 25. The molecular weight excluding hydrogens is 617 g/mol. The van der Waals surface area contributed by atoms with Crippen LogP contribution in [0.4, 0.5) is 0 Å². The third-order valence-corrected chi connectivity index (χ3v) is 9.83. The van der Waals surface area contributed by atoms with Gasteiger partial charge in [0, 0.05) is 12.8 Å². The average Bonchev–Trinajstić information content (AvgIpc) is 3.10. The van der Waals surface area contributed by atoms with Crippen LogP contribution in [0.5, 0.6) is 0 Å². The van der Waals surface area contributed by atoms with Crippen LogP contribution in [0.3, 0.4) is 0 Å². The molecule has 0 aromatic carbocycles. The number of carbonyl (C=O) groups is 2. The first-order chi connectivity index (χ1) is 24.6. The summed E-state index contributed by atoms with van der Waals surface area (Å²) < 4.78 is 6.01. The zero-order chi connectivity index (χ0) is 36.4. The van der Waals surface area contributed by atoms with Crippen LogP contribution in [0.1, 0.15) is 239 Å². The summed E-state index contributed by atoms with van der Waals surface area (Å²) in [5.41, 5.74) is 0. The van der Waals surface area contributed by atoms with E-state index in [2.05, 4.69) is 50.3 Å². The predicted octanol–water partition coefficient (Wildman–Crippen LogP) is 15.3. The van der Waals surface area contributed by atoms with Crippen LogP contribution >= 0.6 is 0 Å². The molecule has 1 atom stereocenters. The Kier molecular flexibility index (Phi) is 40.0. The van der Waals surface area contributed by atoms with Gasteiger partial charge >= 0.3 is 11.9 Å². The van der Waals surface area contributed by atoms with E-state index in [0.29, 0.717) is 12.8 Å². The fraction of sp³-hybridized carbons (Fsp3) is 0.826. The number of carboxylic acids is 1. The van der Waals surface area contributed by atoms with Gasteiger partial charge in [-0.1, -0.05) is 166 Å². The van der Waals surface area contributed by atoms with Crippen molar-refractivity contribution in [1.29, 1.82) is 0 Å². The molecule has 4 heteroatoms. The molecule has 1 unspecified atom stereocenters. The smallest absolute Gasteiger partial charge is 0.306 e. The second-order valence-electron chi connectivity index (χ2n) is 14.9. The van der Waals surface area contributed by atoms with Crippen molar-refractivity contribution >= 4 is 11.9 Å². The van der Waals surface area contributed by atoms with Gasteiger partial charge in [0.2, 0.25) is 0 Å². The summed E-state index contributed by atoms with van der Waals surface area (Å²) in [6.07, 6.45) is 54.9. The van der Waals surface area contributed by atoms with E-state index in [1.165, 1.54) is 167 Å². The van der Waals surface area contributed by atoms with Gasteiger partial charge in [-0.05, 0) is 96.3 Å². The standard InChI is InChI=1S/C46H84O4/c1-3-5-7-9-10-11-12-13-14-15-16-17-18-19-20-21-26-29-32-35-39-43-46(49)50-44(40-36-8-6-4-2)41-37-33-30-27-24-22-23-25-28-31-34-38-42-45(47)48/h10-11,13-14,19-20,44H,3-9,12,15-18,21-43H2,1-2H3,(H,47,48)/b11-10-,14-13-,20-19-. The molecule has 0 aromatic heterocycles. The summed E-state index contributed by atoms with van der Waals surface area (Å²) in [6.45, 7) is 4.50. The second-order valence-corrected chi connectivity index (χ2v) is 14.9. The van der Waals surface area contributed by atoms with Gasteiger partial charge in [0.25, 0.3) is 0 Å². The molecule has 0 saturated carbocycles. The number of esters is 1. The van der Waals surface area contributed by atoms with Crippen molar-refractivity contribution in [2.75, 3.05) is 0 Å². The summed E-state index contributed by atoms with van der Waals surface area (Å²) >= 11 is 0. The minimum atomic E-state index is -0.670. The summed E-state index contributed by atoms with van der Waals surface area (Å²) in [5.74, 6) is -0.642. The Labute approximate surface area is 311 Å². The maximum atomic E-state index is 12.6. The SMILES string of the molecule is CCCCC/C=C\C/C=C\CCCC/C=C\CCCCCCCC(=O)OC(CCCCCC)CCCCCCCCCCCCCCC(=O)O. The Morgan fingerprint density at radius 3 is 1.26 bits per heavy atom. The molecule has 0 amide bonds. The molecule has 0 heterocycles. The van der Waals surface area contributed by atoms with Crippen molar-refractivity contribution < 1.29 is 19.4 Å². The first-order valence-corrected chi connectivity index (χ1v) is 22.0. The highest BCUT2D eigenvalue weighted by Crippen LogP contribution is 2.19. The van der Waals surface area contributed by atoms with E-state index in [1.54, 1.807) is 0 Å². The highest BCUT2D eigenvalue weighted by atomic mass is 16.5. The highest BCUT2D eigenvalue weighted by molar-refractivity contribution is 5.69. The number of ether oxygens (including phenoxy) is 1. The molecule has 0 saturated heterocycles. The maximum absolute atomic E-state index is 12.6. The molecule has 0 aliphatic carbocycles. The van der Waals surface area contributed by atoms with Gasteiger partial charge in [0.05, 0.1) is 0 Å². The maximum Gasteiger partial charge on any atom is 0.306 e. The normalized spacial score (nSPS) is 12.5. The Morgan fingerprint density at radius 2 is 0.780 bits per heavy atom. The molecule has 0 rings (SSSR count). The largest absolute Gasteiger partial charge is 0.481 e. The molecule has 1 N–H and O–H groups in total.